The van der Waals surface area contributed by atoms with Gasteiger partial charge in [-0.3, -0.25) is 4.79 Å². The van der Waals surface area contributed by atoms with Crippen LogP contribution in [0.15, 0.2) is 45.1 Å². The first kappa shape index (κ1) is 25.1. The molecule has 3 rings (SSSR count). The minimum absolute atomic E-state index is 0.0262. The van der Waals surface area contributed by atoms with E-state index < -0.39 is 23.4 Å². The lowest BCUT2D eigenvalue weighted by Gasteiger charge is -2.24. The molecule has 1 aromatic heterocycles. The average Bonchev–Trinajstić information content (AvgIpc) is 2.76. The summed E-state index contributed by atoms with van der Waals surface area (Å²) < 4.78 is 11.4. The van der Waals surface area contributed by atoms with Crippen LogP contribution in [-0.4, -0.2) is 38.7 Å². The Bertz CT molecular complexity index is 1300. The van der Waals surface area contributed by atoms with Crippen molar-refractivity contribution in [1.82, 2.24) is 0 Å². The standard InChI is InChI=1S/C26H30O8/c1-12(2)6-8-16-23(30)21-19(34-26(16)15-9-7-14(27)10-17(15)28)11-18(33-5)20(24(21)31)25(32)22(29)13(3)4/h6-7,9-11,13,22,25,27-29,31-32H,8H2,1-5H3/t22-,25-/m0/s1. The predicted molar refractivity (Wildman–Crippen MR) is 128 cm³/mol. The lowest BCUT2D eigenvalue weighted by Crippen LogP contribution is -2.25. The van der Waals surface area contributed by atoms with Crippen LogP contribution in [0.5, 0.6) is 23.0 Å². The molecule has 0 saturated heterocycles. The molecule has 2 aromatic carbocycles. The lowest BCUT2D eigenvalue weighted by molar-refractivity contribution is -0.0115. The smallest absolute Gasteiger partial charge is 0.200 e. The van der Waals surface area contributed by atoms with Gasteiger partial charge in [0.15, 0.2) is 0 Å². The molecule has 0 amide bonds. The van der Waals surface area contributed by atoms with Crippen molar-refractivity contribution in [3.63, 3.8) is 0 Å². The number of ether oxygens (including phenoxy) is 1. The Morgan fingerprint density at radius 3 is 2.35 bits per heavy atom. The van der Waals surface area contributed by atoms with Crippen molar-refractivity contribution in [3.8, 4) is 34.3 Å². The molecular formula is C26H30O8. The first-order chi connectivity index (χ1) is 16.0. The van der Waals surface area contributed by atoms with Gasteiger partial charge in [-0.05, 0) is 38.3 Å². The lowest BCUT2D eigenvalue weighted by atomic mass is 9.92. The molecule has 2 atom stereocenters. The zero-order valence-electron chi connectivity index (χ0n) is 19.8. The maximum atomic E-state index is 13.6. The van der Waals surface area contributed by atoms with Crippen molar-refractivity contribution < 1.29 is 34.7 Å². The van der Waals surface area contributed by atoms with E-state index in [0.717, 1.165) is 11.6 Å². The van der Waals surface area contributed by atoms with Gasteiger partial charge in [-0.15, -0.1) is 0 Å². The van der Waals surface area contributed by atoms with E-state index in [0.29, 0.717) is 0 Å². The van der Waals surface area contributed by atoms with Crippen LogP contribution in [-0.2, 0) is 6.42 Å². The molecule has 0 radical (unpaired) electrons. The number of hydrogen-bond donors (Lipinski definition) is 5. The summed E-state index contributed by atoms with van der Waals surface area (Å²) in [6, 6.07) is 5.27. The zero-order chi connectivity index (χ0) is 25.3. The van der Waals surface area contributed by atoms with E-state index in [9.17, 15) is 30.3 Å². The van der Waals surface area contributed by atoms with Gasteiger partial charge in [0.05, 0.1) is 24.3 Å². The highest BCUT2D eigenvalue weighted by Crippen LogP contribution is 2.43. The van der Waals surface area contributed by atoms with Gasteiger partial charge in [0, 0.05) is 17.7 Å². The Labute approximate surface area is 197 Å². The van der Waals surface area contributed by atoms with Gasteiger partial charge in [-0.2, -0.15) is 0 Å². The van der Waals surface area contributed by atoms with Crippen molar-refractivity contribution in [3.05, 3.63) is 57.3 Å². The summed E-state index contributed by atoms with van der Waals surface area (Å²) in [5, 5.41) is 52.2. The van der Waals surface area contributed by atoms with Gasteiger partial charge < -0.3 is 34.7 Å². The summed E-state index contributed by atoms with van der Waals surface area (Å²) in [5.41, 5.74) is 0.589. The topological polar surface area (TPSA) is 141 Å². The maximum Gasteiger partial charge on any atom is 0.200 e. The molecule has 3 aromatic rings. The molecule has 0 bridgehead atoms. The average molecular weight is 471 g/mol. The third kappa shape index (κ3) is 4.60. The number of aliphatic hydroxyl groups is 2. The second-order valence-corrected chi connectivity index (χ2v) is 8.82. The van der Waals surface area contributed by atoms with Crippen molar-refractivity contribution in [2.24, 2.45) is 5.92 Å². The second kappa shape index (κ2) is 9.79. The highest BCUT2D eigenvalue weighted by atomic mass is 16.5. The van der Waals surface area contributed by atoms with Gasteiger partial charge >= 0.3 is 0 Å². The van der Waals surface area contributed by atoms with Crippen LogP contribution in [0.25, 0.3) is 22.3 Å². The second-order valence-electron chi connectivity index (χ2n) is 8.82. The number of rotatable bonds is 7. The van der Waals surface area contributed by atoms with Crippen LogP contribution >= 0.6 is 0 Å². The van der Waals surface area contributed by atoms with E-state index >= 15 is 0 Å². The Balaban J connectivity index is 2.42. The summed E-state index contributed by atoms with van der Waals surface area (Å²) in [4.78, 5) is 13.6. The molecule has 5 N–H and O–H groups in total. The summed E-state index contributed by atoms with van der Waals surface area (Å²) in [6.45, 7) is 7.15. The number of phenolic OH excluding ortho intramolecular Hbond substituents is 3. The fraction of sp³-hybridized carbons (Fsp3) is 0.346. The van der Waals surface area contributed by atoms with Crippen LogP contribution in [0.2, 0.25) is 0 Å². The summed E-state index contributed by atoms with van der Waals surface area (Å²) in [5.74, 6) is -1.22. The molecule has 1 heterocycles. The van der Waals surface area contributed by atoms with Gasteiger partial charge in [0.2, 0.25) is 5.43 Å². The number of hydrogen-bond acceptors (Lipinski definition) is 8. The van der Waals surface area contributed by atoms with Crippen LogP contribution in [0.3, 0.4) is 0 Å². The zero-order valence-corrected chi connectivity index (χ0v) is 19.8. The first-order valence-corrected chi connectivity index (χ1v) is 10.9. The molecular weight excluding hydrogens is 440 g/mol. The Hall–Kier alpha value is -3.49. The number of benzene rings is 2. The SMILES string of the molecule is COc1cc2oc(-c3ccc(O)cc3O)c(CC=C(C)C)c(=O)c2c(O)c1[C@H](O)[C@@H](O)C(C)C. The molecule has 0 aliphatic carbocycles. The van der Waals surface area contributed by atoms with E-state index in [1.165, 1.54) is 25.3 Å². The third-order valence-electron chi connectivity index (χ3n) is 5.72. The van der Waals surface area contributed by atoms with Gasteiger partial charge in [-0.25, -0.2) is 0 Å². The molecule has 0 aliphatic heterocycles. The monoisotopic (exact) mass is 470 g/mol. The number of allylic oxidation sites excluding steroid dienone is 2. The molecule has 8 nitrogen and oxygen atoms in total. The summed E-state index contributed by atoms with van der Waals surface area (Å²) >= 11 is 0. The van der Waals surface area contributed by atoms with Crippen LogP contribution in [0, 0.1) is 5.92 Å². The van der Waals surface area contributed by atoms with E-state index in [1.807, 2.05) is 13.8 Å². The van der Waals surface area contributed by atoms with Gasteiger partial charge in [-0.1, -0.05) is 25.5 Å². The molecule has 182 valence electrons. The predicted octanol–water partition coefficient (Wildman–Crippen LogP) is 4.14. The number of aliphatic hydroxyl groups excluding tert-OH is 2. The number of methoxy groups -OCH3 is 1. The quantitative estimate of drug-likeness (QED) is 0.325. The van der Waals surface area contributed by atoms with Crippen LogP contribution < -0.4 is 10.2 Å². The highest BCUT2D eigenvalue weighted by molar-refractivity contribution is 5.90. The molecule has 0 saturated carbocycles. The van der Waals surface area contributed by atoms with Crippen molar-refractivity contribution in [1.29, 1.82) is 0 Å². The molecule has 0 unspecified atom stereocenters. The molecule has 34 heavy (non-hydrogen) atoms. The molecule has 0 aliphatic rings. The number of phenols is 3. The number of aromatic hydroxyl groups is 3. The van der Waals surface area contributed by atoms with E-state index in [4.69, 9.17) is 9.15 Å². The fourth-order valence-corrected chi connectivity index (χ4v) is 3.77. The Kier molecular flexibility index (Phi) is 7.24. The minimum atomic E-state index is -1.51. The van der Waals surface area contributed by atoms with Crippen LogP contribution in [0.4, 0.5) is 0 Å². The molecule has 8 heteroatoms. The van der Waals surface area contributed by atoms with Gasteiger partial charge in [0.25, 0.3) is 0 Å². The Morgan fingerprint density at radius 2 is 1.79 bits per heavy atom. The van der Waals surface area contributed by atoms with E-state index in [2.05, 4.69) is 0 Å². The first-order valence-electron chi connectivity index (χ1n) is 10.9. The summed E-state index contributed by atoms with van der Waals surface area (Å²) in [6.07, 6.45) is -0.782. The van der Waals surface area contributed by atoms with Crippen molar-refractivity contribution in [2.45, 2.75) is 46.3 Å². The largest absolute Gasteiger partial charge is 0.508 e. The minimum Gasteiger partial charge on any atom is -0.508 e. The summed E-state index contributed by atoms with van der Waals surface area (Å²) in [7, 11) is 1.33. The third-order valence-corrected chi connectivity index (χ3v) is 5.72. The normalized spacial score (nSPS) is 13.2. The number of fused-ring (bicyclic) bond motifs is 1. The Morgan fingerprint density at radius 1 is 1.12 bits per heavy atom. The van der Waals surface area contributed by atoms with E-state index in [-0.39, 0.29) is 63.0 Å². The maximum absolute atomic E-state index is 13.6. The van der Waals surface area contributed by atoms with Gasteiger partial charge in [0.1, 0.15) is 45.8 Å². The fourth-order valence-electron chi connectivity index (χ4n) is 3.77. The molecule has 0 fully saturated rings. The highest BCUT2D eigenvalue weighted by Gasteiger charge is 2.31. The van der Waals surface area contributed by atoms with Crippen molar-refractivity contribution >= 4 is 11.0 Å². The van der Waals surface area contributed by atoms with E-state index in [1.54, 1.807) is 19.9 Å². The molecule has 0 spiro atoms. The van der Waals surface area contributed by atoms with Crippen LogP contribution in [0.1, 0.15) is 44.9 Å². The van der Waals surface area contributed by atoms with Crippen molar-refractivity contribution in [2.75, 3.05) is 7.11 Å².